The number of benzene rings is 1. The van der Waals surface area contributed by atoms with Gasteiger partial charge >= 0.3 is 0 Å². The van der Waals surface area contributed by atoms with Gasteiger partial charge in [0.2, 0.25) is 5.91 Å². The molecule has 0 saturated carbocycles. The average Bonchev–Trinajstić information content (AvgIpc) is 3.34. The Hall–Kier alpha value is -3.31. The van der Waals surface area contributed by atoms with E-state index >= 15 is 0 Å². The summed E-state index contributed by atoms with van der Waals surface area (Å²) in [5, 5.41) is 12.1. The Balaban J connectivity index is 1.54. The number of rotatable bonds is 10. The molecule has 2 atom stereocenters. The van der Waals surface area contributed by atoms with E-state index in [1.165, 1.54) is 20.3 Å². The molecule has 2 saturated heterocycles. The molecule has 2 aliphatic rings. The number of halogens is 2. The number of pyridine rings is 2. The number of amides is 1. The van der Waals surface area contributed by atoms with Crippen molar-refractivity contribution >= 4 is 51.5 Å². The summed E-state index contributed by atoms with van der Waals surface area (Å²) in [5.41, 5.74) is 1.04. The second-order valence-electron chi connectivity index (χ2n) is 9.32. The Morgan fingerprint density at radius 1 is 1.08 bits per heavy atom. The molecule has 4 heterocycles. The summed E-state index contributed by atoms with van der Waals surface area (Å²) in [7, 11) is 3.06. The highest BCUT2D eigenvalue weighted by molar-refractivity contribution is 6.41. The zero-order valence-electron chi connectivity index (χ0n) is 21.6. The van der Waals surface area contributed by atoms with Gasteiger partial charge in [-0.3, -0.25) is 4.79 Å². The lowest BCUT2D eigenvalue weighted by Gasteiger charge is -2.26. The Labute approximate surface area is 236 Å². The zero-order chi connectivity index (χ0) is 27.5. The molecule has 10 nitrogen and oxygen atoms in total. The van der Waals surface area contributed by atoms with Crippen LogP contribution in [0.15, 0.2) is 37.1 Å². The van der Waals surface area contributed by atoms with E-state index in [4.69, 9.17) is 47.1 Å². The molecule has 0 radical (unpaired) electrons. The maximum atomic E-state index is 11.8. The number of hydrogen-bond acceptors (Lipinski definition) is 9. The van der Waals surface area contributed by atoms with Crippen LogP contribution in [0.4, 0.5) is 11.6 Å². The first kappa shape index (κ1) is 27.3. The van der Waals surface area contributed by atoms with E-state index in [0.29, 0.717) is 83.3 Å². The van der Waals surface area contributed by atoms with Crippen LogP contribution >= 0.6 is 23.2 Å². The van der Waals surface area contributed by atoms with Gasteiger partial charge in [-0.2, -0.15) is 0 Å². The minimum Gasteiger partial charge on any atom is -0.495 e. The predicted molar refractivity (Wildman–Crippen MR) is 151 cm³/mol. The second-order valence-corrected chi connectivity index (χ2v) is 10.1. The number of hydrogen-bond donors (Lipinski definition) is 3. The summed E-state index contributed by atoms with van der Waals surface area (Å²) < 4.78 is 21.8. The highest BCUT2D eigenvalue weighted by Crippen LogP contribution is 2.46. The van der Waals surface area contributed by atoms with Crippen molar-refractivity contribution < 1.29 is 23.7 Å². The maximum absolute atomic E-state index is 11.8. The largest absolute Gasteiger partial charge is 0.495 e. The lowest BCUT2D eigenvalue weighted by molar-refractivity contribution is -0.117. The zero-order valence-corrected chi connectivity index (χ0v) is 23.1. The molecular formula is C27H29Cl2N5O5. The molecule has 3 N–H and O–H groups in total. The lowest BCUT2D eigenvalue weighted by atomic mass is 10.1. The van der Waals surface area contributed by atoms with Crippen LogP contribution in [-0.2, 0) is 14.3 Å². The average molecular weight is 574 g/mol. The Bertz CT molecular complexity index is 1370. The van der Waals surface area contributed by atoms with Gasteiger partial charge in [-0.05, 0) is 18.2 Å². The van der Waals surface area contributed by atoms with Crippen LogP contribution < -0.4 is 25.4 Å². The van der Waals surface area contributed by atoms with Crippen molar-refractivity contribution in [3.8, 4) is 22.8 Å². The third-order valence-corrected chi connectivity index (χ3v) is 7.49. The number of carbonyl (C=O) groups is 1. The van der Waals surface area contributed by atoms with E-state index in [1.54, 1.807) is 12.3 Å². The van der Waals surface area contributed by atoms with Gasteiger partial charge < -0.3 is 34.9 Å². The quantitative estimate of drug-likeness (QED) is 0.307. The van der Waals surface area contributed by atoms with Crippen molar-refractivity contribution in [3.63, 3.8) is 0 Å². The first-order valence-corrected chi connectivity index (χ1v) is 13.2. The smallest absolute Gasteiger partial charge is 0.243 e. The standard InChI is InChI=1S/C27H29Cl2N5O5/c1-4-23(35)33-19-13-39-12-18(19)32-22-6-16-15(9-30-22)5-17(34-27(16)31-8-14-10-38-11-14)24-25(28)20(36-2)7-21(37-3)26(24)29/h4-7,9,14,18-19H,1,8,10-13H2,2-3H3,(H,30,32)(H,31,34)(H,33,35)/t18-,19+/m1/s1. The van der Waals surface area contributed by atoms with E-state index in [0.717, 1.165) is 10.8 Å². The van der Waals surface area contributed by atoms with Crippen molar-refractivity contribution in [1.82, 2.24) is 15.3 Å². The van der Waals surface area contributed by atoms with Gasteiger partial charge in [0.1, 0.15) is 23.1 Å². The molecular weight excluding hydrogens is 545 g/mol. The number of nitrogens with one attached hydrogen (secondary N) is 3. The molecule has 1 amide bonds. The first-order chi connectivity index (χ1) is 18.9. The van der Waals surface area contributed by atoms with E-state index in [-0.39, 0.29) is 18.0 Å². The minimum absolute atomic E-state index is 0.156. The maximum Gasteiger partial charge on any atom is 0.243 e. The number of aromatic nitrogens is 2. The van der Waals surface area contributed by atoms with Gasteiger partial charge in [-0.1, -0.05) is 29.8 Å². The van der Waals surface area contributed by atoms with Gasteiger partial charge in [0, 0.05) is 41.1 Å². The second kappa shape index (κ2) is 11.8. The third-order valence-electron chi connectivity index (χ3n) is 6.74. The fourth-order valence-electron chi connectivity index (χ4n) is 4.51. The Kier molecular flexibility index (Phi) is 8.27. The highest BCUT2D eigenvalue weighted by Gasteiger charge is 2.30. The fourth-order valence-corrected chi connectivity index (χ4v) is 5.21. The van der Waals surface area contributed by atoms with Crippen LogP contribution in [0.1, 0.15) is 0 Å². The first-order valence-electron chi connectivity index (χ1n) is 12.4. The normalized spacial score (nSPS) is 18.9. The van der Waals surface area contributed by atoms with E-state index in [9.17, 15) is 4.79 Å². The van der Waals surface area contributed by atoms with E-state index in [2.05, 4.69) is 27.5 Å². The number of anilines is 2. The van der Waals surface area contributed by atoms with Crippen LogP contribution in [-0.4, -0.2) is 75.2 Å². The third kappa shape index (κ3) is 5.69. The molecule has 2 fully saturated rings. The summed E-state index contributed by atoms with van der Waals surface area (Å²) >= 11 is 13.4. The van der Waals surface area contributed by atoms with Crippen molar-refractivity contribution in [1.29, 1.82) is 0 Å². The molecule has 206 valence electrons. The van der Waals surface area contributed by atoms with Crippen molar-refractivity contribution in [3.05, 3.63) is 47.1 Å². The summed E-state index contributed by atoms with van der Waals surface area (Å²) in [5.74, 6) is 2.25. The summed E-state index contributed by atoms with van der Waals surface area (Å²) in [6.45, 7) is 6.43. The molecule has 1 aromatic carbocycles. The topological polar surface area (TPSA) is 116 Å². The van der Waals surface area contributed by atoms with Crippen LogP contribution in [0.25, 0.3) is 22.0 Å². The minimum atomic E-state index is -0.251. The molecule has 2 aromatic heterocycles. The highest BCUT2D eigenvalue weighted by atomic mass is 35.5. The van der Waals surface area contributed by atoms with Crippen LogP contribution in [0.2, 0.25) is 10.0 Å². The Morgan fingerprint density at radius 3 is 2.41 bits per heavy atom. The van der Waals surface area contributed by atoms with Crippen molar-refractivity contribution in [2.45, 2.75) is 12.1 Å². The number of ether oxygens (including phenoxy) is 4. The van der Waals surface area contributed by atoms with Gasteiger partial charge in [0.25, 0.3) is 0 Å². The SMILES string of the molecule is C=CC(=O)N[C@H]1COC[C@H]1Nc1cc2c(NCC3COC3)nc(-c3c(Cl)c(OC)cc(OC)c3Cl)cc2cn1. The molecule has 39 heavy (non-hydrogen) atoms. The van der Waals surface area contributed by atoms with Gasteiger partial charge in [-0.15, -0.1) is 0 Å². The number of fused-ring (bicyclic) bond motifs is 1. The fraction of sp³-hybridized carbons (Fsp3) is 0.370. The number of methoxy groups -OCH3 is 2. The summed E-state index contributed by atoms with van der Waals surface area (Å²) in [4.78, 5) is 21.4. The summed E-state index contributed by atoms with van der Waals surface area (Å²) in [6, 6.07) is 5.07. The van der Waals surface area contributed by atoms with Crippen molar-refractivity contribution in [2.75, 3.05) is 57.8 Å². The molecule has 0 unspecified atom stereocenters. The van der Waals surface area contributed by atoms with Gasteiger partial charge in [0.15, 0.2) is 0 Å². The molecule has 5 rings (SSSR count). The lowest BCUT2D eigenvalue weighted by Crippen LogP contribution is -2.45. The number of nitrogens with zero attached hydrogens (tertiary/aromatic N) is 2. The molecule has 0 aliphatic carbocycles. The van der Waals surface area contributed by atoms with Crippen LogP contribution in [0.3, 0.4) is 0 Å². The monoisotopic (exact) mass is 573 g/mol. The van der Waals surface area contributed by atoms with Gasteiger partial charge in [-0.25, -0.2) is 9.97 Å². The molecule has 3 aromatic rings. The van der Waals surface area contributed by atoms with Crippen LogP contribution in [0.5, 0.6) is 11.5 Å². The molecule has 0 spiro atoms. The molecule has 12 heteroatoms. The van der Waals surface area contributed by atoms with Gasteiger partial charge in [0.05, 0.1) is 68.5 Å². The van der Waals surface area contributed by atoms with Crippen molar-refractivity contribution in [2.24, 2.45) is 5.92 Å². The predicted octanol–water partition coefficient (Wildman–Crippen LogP) is 4.16. The molecule has 0 bridgehead atoms. The number of carbonyl (C=O) groups excluding carboxylic acids is 1. The van der Waals surface area contributed by atoms with E-state index < -0.39 is 0 Å². The van der Waals surface area contributed by atoms with E-state index in [1.807, 2.05) is 12.1 Å². The Morgan fingerprint density at radius 2 is 1.77 bits per heavy atom. The summed E-state index contributed by atoms with van der Waals surface area (Å²) in [6.07, 6.45) is 3.00. The van der Waals surface area contributed by atoms with Crippen LogP contribution in [0, 0.1) is 5.92 Å². The molecule has 2 aliphatic heterocycles.